The van der Waals surface area contributed by atoms with E-state index in [1.165, 1.54) is 30.0 Å². The molecule has 1 fully saturated rings. The molecule has 0 saturated carbocycles. The summed E-state index contributed by atoms with van der Waals surface area (Å²) in [7, 11) is 0. The van der Waals surface area contributed by atoms with Crippen molar-refractivity contribution in [1.82, 2.24) is 4.90 Å². The number of nitro groups is 2. The van der Waals surface area contributed by atoms with E-state index >= 15 is 0 Å². The van der Waals surface area contributed by atoms with Crippen molar-refractivity contribution in [1.29, 1.82) is 0 Å². The third kappa shape index (κ3) is 5.00. The van der Waals surface area contributed by atoms with Gasteiger partial charge in [0.2, 0.25) is 5.91 Å². The Labute approximate surface area is 181 Å². The minimum absolute atomic E-state index is 0.00532. The summed E-state index contributed by atoms with van der Waals surface area (Å²) < 4.78 is 0. The molecule has 1 heterocycles. The van der Waals surface area contributed by atoms with Crippen LogP contribution in [0, 0.1) is 20.2 Å². The second-order valence-electron chi connectivity index (χ2n) is 6.71. The van der Waals surface area contributed by atoms with Crippen LogP contribution in [-0.4, -0.2) is 52.1 Å². The Balaban J connectivity index is 1.60. The summed E-state index contributed by atoms with van der Waals surface area (Å²) in [5.74, 6) is -0.0383. The van der Waals surface area contributed by atoms with Gasteiger partial charge in [-0.1, -0.05) is 11.6 Å². The van der Waals surface area contributed by atoms with Crippen molar-refractivity contribution in [2.24, 2.45) is 0 Å². The van der Waals surface area contributed by atoms with E-state index in [0.717, 1.165) is 4.90 Å². The van der Waals surface area contributed by atoms with Crippen LogP contribution in [0.5, 0.6) is 0 Å². The number of anilines is 1. The summed E-state index contributed by atoms with van der Waals surface area (Å²) in [6, 6.07) is 10.7. The lowest BCUT2D eigenvalue weighted by Gasteiger charge is -2.36. The predicted octanol–water partition coefficient (Wildman–Crippen LogP) is 3.99. The molecule has 0 spiro atoms. The quantitative estimate of drug-likeness (QED) is 0.371. The highest BCUT2D eigenvalue weighted by Gasteiger charge is 2.28. The van der Waals surface area contributed by atoms with Crippen LogP contribution < -0.4 is 4.90 Å². The molecule has 11 heteroatoms. The lowest BCUT2D eigenvalue weighted by molar-refractivity contribution is -0.384. The van der Waals surface area contributed by atoms with Gasteiger partial charge in [0.15, 0.2) is 0 Å². The molecule has 30 heavy (non-hydrogen) atoms. The molecule has 2 aromatic carbocycles. The van der Waals surface area contributed by atoms with E-state index in [0.29, 0.717) is 36.9 Å². The smallest absolute Gasteiger partial charge is 0.294 e. The standard InChI is InChI=1S/C19H19ClN4O5S/c1-13(30-16-5-3-15(4-6-16)23(26)27)19(25)22-10-8-21(9-11-22)17-7-2-14(20)12-18(17)24(28)29/h2-7,12-13H,8-11H2,1H3. The zero-order chi connectivity index (χ0) is 21.8. The molecule has 1 aliphatic heterocycles. The fraction of sp³-hybridized carbons (Fsp3) is 0.316. The van der Waals surface area contributed by atoms with Crippen LogP contribution in [0.15, 0.2) is 47.4 Å². The molecule has 2 aromatic rings. The van der Waals surface area contributed by atoms with Crippen molar-refractivity contribution in [2.75, 3.05) is 31.1 Å². The van der Waals surface area contributed by atoms with Crippen molar-refractivity contribution >= 4 is 46.3 Å². The number of halogens is 1. The van der Waals surface area contributed by atoms with Crippen LogP contribution in [0.4, 0.5) is 17.1 Å². The molecule has 158 valence electrons. The molecule has 1 aliphatic rings. The Morgan fingerprint density at radius 3 is 2.23 bits per heavy atom. The summed E-state index contributed by atoms with van der Waals surface area (Å²) in [5, 5.41) is 22.0. The third-order valence-electron chi connectivity index (χ3n) is 4.77. The van der Waals surface area contributed by atoms with E-state index in [-0.39, 0.29) is 22.5 Å². The normalized spacial score (nSPS) is 15.0. The topological polar surface area (TPSA) is 110 Å². The fourth-order valence-corrected chi connectivity index (χ4v) is 4.35. The first-order valence-corrected chi connectivity index (χ1v) is 10.4. The van der Waals surface area contributed by atoms with Gasteiger partial charge in [-0.15, -0.1) is 11.8 Å². The van der Waals surface area contributed by atoms with Gasteiger partial charge in [0.05, 0.1) is 15.1 Å². The monoisotopic (exact) mass is 450 g/mol. The zero-order valence-electron chi connectivity index (χ0n) is 16.1. The maximum Gasteiger partial charge on any atom is 0.294 e. The van der Waals surface area contributed by atoms with Gasteiger partial charge in [-0.05, 0) is 31.2 Å². The van der Waals surface area contributed by atoms with Crippen LogP contribution >= 0.6 is 23.4 Å². The highest BCUT2D eigenvalue weighted by Crippen LogP contribution is 2.32. The number of hydrogen-bond acceptors (Lipinski definition) is 7. The molecule has 0 aromatic heterocycles. The van der Waals surface area contributed by atoms with Crippen LogP contribution in [0.1, 0.15) is 6.92 Å². The van der Waals surface area contributed by atoms with Crippen LogP contribution in [0.25, 0.3) is 0 Å². The molecule has 1 atom stereocenters. The van der Waals surface area contributed by atoms with Gasteiger partial charge in [-0.25, -0.2) is 0 Å². The molecule has 0 aliphatic carbocycles. The van der Waals surface area contributed by atoms with Crippen molar-refractivity contribution < 1.29 is 14.6 Å². The van der Waals surface area contributed by atoms with Crippen LogP contribution in [-0.2, 0) is 4.79 Å². The molecular formula is C19H19ClN4O5S. The van der Waals surface area contributed by atoms with Crippen molar-refractivity contribution in [3.63, 3.8) is 0 Å². The average Bonchev–Trinajstić information content (AvgIpc) is 2.73. The van der Waals surface area contributed by atoms with E-state index in [4.69, 9.17) is 11.6 Å². The lowest BCUT2D eigenvalue weighted by Crippen LogP contribution is -2.50. The molecular weight excluding hydrogens is 432 g/mol. The number of nitrogens with zero attached hydrogens (tertiary/aromatic N) is 4. The summed E-state index contributed by atoms with van der Waals surface area (Å²) >= 11 is 7.22. The average molecular weight is 451 g/mol. The lowest BCUT2D eigenvalue weighted by atomic mass is 10.2. The molecule has 1 unspecified atom stereocenters. The zero-order valence-corrected chi connectivity index (χ0v) is 17.6. The SMILES string of the molecule is CC(Sc1ccc([N+](=O)[O-])cc1)C(=O)N1CCN(c2ccc(Cl)cc2[N+](=O)[O-])CC1. The molecule has 0 bridgehead atoms. The van der Waals surface area contributed by atoms with E-state index < -0.39 is 9.85 Å². The molecule has 0 N–H and O–H groups in total. The largest absolute Gasteiger partial charge is 0.362 e. The minimum atomic E-state index is -0.465. The van der Waals surface area contributed by atoms with E-state index in [1.807, 2.05) is 4.90 Å². The first-order chi connectivity index (χ1) is 14.3. The summed E-state index contributed by atoms with van der Waals surface area (Å²) in [6.07, 6.45) is 0. The minimum Gasteiger partial charge on any atom is -0.362 e. The van der Waals surface area contributed by atoms with Gasteiger partial charge >= 0.3 is 0 Å². The number of carbonyl (C=O) groups excluding carboxylic acids is 1. The fourth-order valence-electron chi connectivity index (χ4n) is 3.24. The number of nitro benzene ring substituents is 2. The van der Waals surface area contributed by atoms with E-state index in [9.17, 15) is 25.0 Å². The number of amides is 1. The first-order valence-electron chi connectivity index (χ1n) is 9.15. The number of thioether (sulfide) groups is 1. The van der Waals surface area contributed by atoms with Crippen LogP contribution in [0.3, 0.4) is 0 Å². The second kappa shape index (κ2) is 9.31. The molecule has 1 amide bonds. The Morgan fingerprint density at radius 2 is 1.67 bits per heavy atom. The maximum absolute atomic E-state index is 12.8. The highest BCUT2D eigenvalue weighted by molar-refractivity contribution is 8.00. The van der Waals surface area contributed by atoms with E-state index in [1.54, 1.807) is 36.1 Å². The van der Waals surface area contributed by atoms with Gasteiger partial charge in [0.25, 0.3) is 11.4 Å². The summed E-state index contributed by atoms with van der Waals surface area (Å²) in [6.45, 7) is 3.64. The van der Waals surface area contributed by atoms with Gasteiger partial charge in [-0.2, -0.15) is 0 Å². The number of carbonyl (C=O) groups is 1. The molecule has 3 rings (SSSR count). The number of rotatable bonds is 6. The Morgan fingerprint density at radius 1 is 1.03 bits per heavy atom. The predicted molar refractivity (Wildman–Crippen MR) is 115 cm³/mol. The number of hydrogen-bond donors (Lipinski definition) is 0. The van der Waals surface area contributed by atoms with Crippen molar-refractivity contribution in [3.05, 3.63) is 67.7 Å². The number of non-ortho nitro benzene ring substituents is 1. The number of benzene rings is 2. The Hall–Kier alpha value is -2.85. The maximum atomic E-state index is 12.8. The first kappa shape index (κ1) is 21.8. The van der Waals surface area contributed by atoms with Crippen molar-refractivity contribution in [2.45, 2.75) is 17.1 Å². The summed E-state index contributed by atoms with van der Waals surface area (Å²) in [5.41, 5.74) is 0.444. The Bertz CT molecular complexity index is 964. The highest BCUT2D eigenvalue weighted by atomic mass is 35.5. The number of piperazine rings is 1. The van der Waals surface area contributed by atoms with Gasteiger partial charge in [0, 0.05) is 54.3 Å². The van der Waals surface area contributed by atoms with Gasteiger partial charge in [0.1, 0.15) is 5.69 Å². The third-order valence-corrected chi connectivity index (χ3v) is 6.11. The summed E-state index contributed by atoms with van der Waals surface area (Å²) in [4.78, 5) is 38.3. The van der Waals surface area contributed by atoms with Crippen molar-refractivity contribution in [3.8, 4) is 0 Å². The second-order valence-corrected chi connectivity index (χ2v) is 8.56. The Kier molecular flexibility index (Phi) is 6.78. The van der Waals surface area contributed by atoms with Crippen LogP contribution in [0.2, 0.25) is 5.02 Å². The van der Waals surface area contributed by atoms with E-state index in [2.05, 4.69) is 0 Å². The van der Waals surface area contributed by atoms with Gasteiger partial charge in [-0.3, -0.25) is 25.0 Å². The molecule has 9 nitrogen and oxygen atoms in total. The molecule has 0 radical (unpaired) electrons. The van der Waals surface area contributed by atoms with Gasteiger partial charge < -0.3 is 9.80 Å². The molecule has 1 saturated heterocycles.